The quantitative estimate of drug-likeness (QED) is 0.304. The SMILES string of the molecule is CC1(O)C(O)[C@@H](CO)O[C@@H]1n1ccnc(C(=N)N)c1=O. The van der Waals surface area contributed by atoms with Crippen LogP contribution in [0.25, 0.3) is 0 Å². The Morgan fingerprint density at radius 1 is 1.70 bits per heavy atom. The topological polar surface area (TPSA) is 155 Å². The average molecular weight is 284 g/mol. The van der Waals surface area contributed by atoms with E-state index in [1.54, 1.807) is 0 Å². The summed E-state index contributed by atoms with van der Waals surface area (Å²) in [7, 11) is 0. The van der Waals surface area contributed by atoms with E-state index >= 15 is 0 Å². The van der Waals surface area contributed by atoms with Gasteiger partial charge in [-0.05, 0) is 6.92 Å². The summed E-state index contributed by atoms with van der Waals surface area (Å²) in [6, 6.07) is 0. The third-order valence-electron chi connectivity index (χ3n) is 3.31. The maximum atomic E-state index is 12.1. The molecule has 1 aliphatic heterocycles. The van der Waals surface area contributed by atoms with Crippen LogP contribution in [0.4, 0.5) is 0 Å². The van der Waals surface area contributed by atoms with Crippen LogP contribution in [0.5, 0.6) is 0 Å². The smallest absolute Gasteiger partial charge is 0.282 e. The van der Waals surface area contributed by atoms with Crippen molar-refractivity contribution in [3.05, 3.63) is 28.4 Å². The molecule has 1 fully saturated rings. The van der Waals surface area contributed by atoms with Crippen molar-refractivity contribution in [1.82, 2.24) is 9.55 Å². The first-order valence-electron chi connectivity index (χ1n) is 5.89. The van der Waals surface area contributed by atoms with Crippen LogP contribution in [0, 0.1) is 5.41 Å². The van der Waals surface area contributed by atoms with Crippen molar-refractivity contribution in [3.8, 4) is 0 Å². The highest BCUT2D eigenvalue weighted by Crippen LogP contribution is 2.37. The summed E-state index contributed by atoms with van der Waals surface area (Å²) < 4.78 is 6.30. The third-order valence-corrected chi connectivity index (χ3v) is 3.31. The van der Waals surface area contributed by atoms with Gasteiger partial charge in [0.2, 0.25) is 0 Å². The molecule has 6 N–H and O–H groups in total. The maximum Gasteiger partial charge on any atom is 0.282 e. The number of nitrogens with zero attached hydrogens (tertiary/aromatic N) is 2. The summed E-state index contributed by atoms with van der Waals surface area (Å²) >= 11 is 0. The van der Waals surface area contributed by atoms with E-state index in [0.717, 1.165) is 4.57 Å². The molecule has 1 aliphatic rings. The Kier molecular flexibility index (Phi) is 3.61. The predicted octanol–water partition coefficient (Wildman–Crippen LogP) is -2.47. The lowest BCUT2D eigenvalue weighted by Crippen LogP contribution is -2.46. The van der Waals surface area contributed by atoms with Gasteiger partial charge in [-0.2, -0.15) is 0 Å². The van der Waals surface area contributed by atoms with Crippen LogP contribution in [-0.4, -0.2) is 55.1 Å². The highest BCUT2D eigenvalue weighted by Gasteiger charge is 2.53. The van der Waals surface area contributed by atoms with Gasteiger partial charge in [-0.15, -0.1) is 0 Å². The molecule has 2 heterocycles. The van der Waals surface area contributed by atoms with Crippen molar-refractivity contribution in [2.45, 2.75) is 31.0 Å². The first-order valence-corrected chi connectivity index (χ1v) is 5.89. The second-order valence-corrected chi connectivity index (χ2v) is 4.78. The minimum absolute atomic E-state index is 0.283. The predicted molar refractivity (Wildman–Crippen MR) is 67.1 cm³/mol. The summed E-state index contributed by atoms with van der Waals surface area (Å²) in [6.45, 7) is 0.783. The summed E-state index contributed by atoms with van der Waals surface area (Å²) in [4.78, 5) is 15.8. The minimum atomic E-state index is -1.79. The second kappa shape index (κ2) is 4.94. The van der Waals surface area contributed by atoms with Crippen LogP contribution < -0.4 is 11.3 Å². The van der Waals surface area contributed by atoms with Gasteiger partial charge < -0.3 is 25.8 Å². The Labute approximate surface area is 113 Å². The van der Waals surface area contributed by atoms with E-state index in [9.17, 15) is 15.0 Å². The van der Waals surface area contributed by atoms with Crippen LogP contribution in [-0.2, 0) is 4.74 Å². The monoisotopic (exact) mass is 284 g/mol. The Bertz CT molecular complexity index is 584. The number of aliphatic hydroxyl groups excluding tert-OH is 2. The Hall–Kier alpha value is -1.81. The molecule has 2 rings (SSSR count). The number of nitrogens with one attached hydrogen (secondary N) is 1. The number of aromatic nitrogens is 2. The van der Waals surface area contributed by atoms with Gasteiger partial charge in [0.05, 0.1) is 6.61 Å². The first-order chi connectivity index (χ1) is 9.30. The highest BCUT2D eigenvalue weighted by atomic mass is 16.6. The molecule has 0 bridgehead atoms. The van der Waals surface area contributed by atoms with Gasteiger partial charge >= 0.3 is 0 Å². The van der Waals surface area contributed by atoms with Gasteiger partial charge in [-0.25, -0.2) is 4.98 Å². The molecule has 20 heavy (non-hydrogen) atoms. The molecule has 9 heteroatoms. The van der Waals surface area contributed by atoms with Crippen molar-refractivity contribution in [2.24, 2.45) is 5.73 Å². The zero-order chi connectivity index (χ0) is 15.1. The Morgan fingerprint density at radius 3 is 2.85 bits per heavy atom. The zero-order valence-electron chi connectivity index (χ0n) is 10.7. The van der Waals surface area contributed by atoms with E-state index in [1.165, 1.54) is 19.3 Å². The van der Waals surface area contributed by atoms with Crippen molar-refractivity contribution in [2.75, 3.05) is 6.61 Å². The number of ether oxygens (including phenoxy) is 1. The fourth-order valence-electron chi connectivity index (χ4n) is 2.18. The fourth-order valence-corrected chi connectivity index (χ4v) is 2.18. The van der Waals surface area contributed by atoms with Gasteiger partial charge in [0, 0.05) is 12.4 Å². The van der Waals surface area contributed by atoms with Crippen LogP contribution in [0.15, 0.2) is 17.2 Å². The molecule has 1 aromatic rings. The highest BCUT2D eigenvalue weighted by molar-refractivity contribution is 5.92. The first kappa shape index (κ1) is 14.6. The summed E-state index contributed by atoms with van der Waals surface area (Å²) in [6.07, 6.45) is -1.12. The zero-order valence-corrected chi connectivity index (χ0v) is 10.7. The lowest BCUT2D eigenvalue weighted by molar-refractivity contribution is -0.0983. The largest absolute Gasteiger partial charge is 0.394 e. The molecule has 110 valence electrons. The van der Waals surface area contributed by atoms with Gasteiger partial charge in [0.15, 0.2) is 11.9 Å². The number of aliphatic hydroxyl groups is 3. The fraction of sp³-hybridized carbons (Fsp3) is 0.545. The number of rotatable bonds is 3. The van der Waals surface area contributed by atoms with Crippen molar-refractivity contribution < 1.29 is 20.1 Å². The van der Waals surface area contributed by atoms with Crippen molar-refractivity contribution >= 4 is 5.84 Å². The lowest BCUT2D eigenvalue weighted by atomic mass is 9.96. The standard InChI is InChI=1S/C11H16N4O5/c1-11(19)7(17)5(4-16)20-10(11)15-3-2-14-6(8(12)13)9(15)18/h2-3,5,7,10,16-17,19H,4H2,1H3,(H3,12,13)/t5-,7?,10+,11?/m1/s1. The molecular formula is C11H16N4O5. The lowest BCUT2D eigenvalue weighted by Gasteiger charge is -2.27. The van der Waals surface area contributed by atoms with E-state index in [0.29, 0.717) is 0 Å². The Balaban J connectivity index is 2.50. The maximum absolute atomic E-state index is 12.1. The summed E-state index contributed by atoms with van der Waals surface area (Å²) in [5.74, 6) is -0.513. The molecule has 0 aliphatic carbocycles. The van der Waals surface area contributed by atoms with E-state index in [-0.39, 0.29) is 5.69 Å². The van der Waals surface area contributed by atoms with Crippen LogP contribution in [0.1, 0.15) is 18.8 Å². The summed E-state index contributed by atoms with van der Waals surface area (Å²) in [5.41, 5.74) is 2.45. The van der Waals surface area contributed by atoms with E-state index in [2.05, 4.69) is 4.98 Å². The molecular weight excluding hydrogens is 268 g/mol. The molecule has 0 saturated carbocycles. The third kappa shape index (κ3) is 2.10. The molecule has 0 aromatic carbocycles. The molecule has 4 atom stereocenters. The molecule has 1 aromatic heterocycles. The van der Waals surface area contributed by atoms with E-state index in [1.807, 2.05) is 0 Å². The second-order valence-electron chi connectivity index (χ2n) is 4.78. The average Bonchev–Trinajstić information content (AvgIpc) is 2.61. The number of amidine groups is 1. The molecule has 1 saturated heterocycles. The Morgan fingerprint density at radius 2 is 2.35 bits per heavy atom. The number of hydrogen-bond acceptors (Lipinski definition) is 7. The van der Waals surface area contributed by atoms with E-state index in [4.69, 9.17) is 21.0 Å². The molecule has 2 unspecified atom stereocenters. The van der Waals surface area contributed by atoms with Gasteiger partial charge in [-0.3, -0.25) is 14.8 Å². The summed E-state index contributed by atoms with van der Waals surface area (Å²) in [5, 5.41) is 36.5. The number of hydrogen-bond donors (Lipinski definition) is 5. The number of nitrogen functional groups attached to an aromatic ring is 1. The number of nitrogens with two attached hydrogens (primary N) is 1. The minimum Gasteiger partial charge on any atom is -0.394 e. The molecule has 0 spiro atoms. The van der Waals surface area contributed by atoms with Gasteiger partial charge in [0.25, 0.3) is 5.56 Å². The van der Waals surface area contributed by atoms with E-state index < -0.39 is 42.0 Å². The molecule has 0 amide bonds. The van der Waals surface area contributed by atoms with Crippen LogP contribution in [0.2, 0.25) is 0 Å². The van der Waals surface area contributed by atoms with Crippen molar-refractivity contribution in [3.63, 3.8) is 0 Å². The van der Waals surface area contributed by atoms with Gasteiger partial charge in [-0.1, -0.05) is 0 Å². The normalized spacial score (nSPS) is 33.3. The van der Waals surface area contributed by atoms with Crippen LogP contribution >= 0.6 is 0 Å². The van der Waals surface area contributed by atoms with Gasteiger partial charge in [0.1, 0.15) is 23.6 Å². The van der Waals surface area contributed by atoms with Crippen LogP contribution in [0.3, 0.4) is 0 Å². The van der Waals surface area contributed by atoms with Crippen molar-refractivity contribution in [1.29, 1.82) is 5.41 Å². The molecule has 0 radical (unpaired) electrons. The molecule has 9 nitrogen and oxygen atoms in total.